The molecular weight excluding hydrogens is 196 g/mol. The third-order valence-electron chi connectivity index (χ3n) is 2.38. The number of rotatable bonds is 5. The van der Waals surface area contributed by atoms with Gasteiger partial charge in [-0.25, -0.2) is 4.79 Å². The summed E-state index contributed by atoms with van der Waals surface area (Å²) >= 11 is 0. The second-order valence-corrected chi connectivity index (χ2v) is 3.69. The number of carbonyl (C=O) groups excluding carboxylic acids is 2. The van der Waals surface area contributed by atoms with Crippen LogP contribution in [0.4, 0.5) is 0 Å². The van der Waals surface area contributed by atoms with Gasteiger partial charge in [-0.1, -0.05) is 0 Å². The van der Waals surface area contributed by atoms with Crippen LogP contribution in [0.2, 0.25) is 0 Å². The average Bonchev–Trinajstić information content (AvgIpc) is 3.00. The van der Waals surface area contributed by atoms with Crippen LogP contribution in [0.25, 0.3) is 0 Å². The third-order valence-corrected chi connectivity index (χ3v) is 2.38. The Labute approximate surface area is 89.8 Å². The van der Waals surface area contributed by atoms with E-state index in [2.05, 4.69) is 15.0 Å². The molecule has 1 fully saturated rings. The van der Waals surface area contributed by atoms with Gasteiger partial charge in [0.2, 0.25) is 0 Å². The minimum Gasteiger partial charge on any atom is -0.459 e. The van der Waals surface area contributed by atoms with Crippen molar-refractivity contribution in [3.8, 4) is 0 Å². The predicted octanol–water partition coefficient (Wildman–Crippen LogP) is -0.240. The van der Waals surface area contributed by atoms with Gasteiger partial charge in [-0.3, -0.25) is 4.79 Å². The molecule has 5 heteroatoms. The van der Waals surface area contributed by atoms with E-state index in [0.717, 1.165) is 6.54 Å². The van der Waals surface area contributed by atoms with Gasteiger partial charge >= 0.3 is 11.9 Å². The van der Waals surface area contributed by atoms with Crippen LogP contribution in [0.5, 0.6) is 0 Å². The Balaban J connectivity index is 2.07. The molecule has 0 atom stereocenters. The second-order valence-electron chi connectivity index (χ2n) is 3.69. The molecule has 86 valence electrons. The summed E-state index contributed by atoms with van der Waals surface area (Å²) in [6.07, 6.45) is 2.48. The molecule has 0 spiro atoms. The van der Waals surface area contributed by atoms with Crippen LogP contribution in [0, 0.1) is 0 Å². The Morgan fingerprint density at radius 1 is 1.47 bits per heavy atom. The predicted molar refractivity (Wildman–Crippen MR) is 55.3 cm³/mol. The lowest BCUT2D eigenvalue weighted by Crippen LogP contribution is -2.38. The van der Waals surface area contributed by atoms with Gasteiger partial charge in [0.25, 0.3) is 0 Å². The van der Waals surface area contributed by atoms with Crippen molar-refractivity contribution in [1.29, 1.82) is 0 Å². The molecule has 0 unspecified atom stereocenters. The highest BCUT2D eigenvalue weighted by atomic mass is 16.5. The summed E-state index contributed by atoms with van der Waals surface area (Å²) in [4.78, 5) is 24.2. The maximum Gasteiger partial charge on any atom is 0.396 e. The minimum atomic E-state index is -0.799. The lowest BCUT2D eigenvalue weighted by Gasteiger charge is -2.15. The second kappa shape index (κ2) is 5.70. The lowest BCUT2D eigenvalue weighted by atomic mass is 10.5. The van der Waals surface area contributed by atoms with Crippen molar-refractivity contribution in [1.82, 2.24) is 10.2 Å². The van der Waals surface area contributed by atoms with E-state index in [1.165, 1.54) is 12.8 Å². The van der Waals surface area contributed by atoms with E-state index in [4.69, 9.17) is 0 Å². The number of carbonyl (C=O) groups is 2. The summed E-state index contributed by atoms with van der Waals surface area (Å²) in [6, 6.07) is 0.671. The Bertz CT molecular complexity index is 239. The van der Waals surface area contributed by atoms with Crippen LogP contribution in [0.15, 0.2) is 0 Å². The van der Waals surface area contributed by atoms with E-state index in [9.17, 15) is 9.59 Å². The highest BCUT2D eigenvalue weighted by Gasteiger charge is 2.25. The van der Waals surface area contributed by atoms with Gasteiger partial charge in [-0.05, 0) is 26.8 Å². The van der Waals surface area contributed by atoms with Crippen molar-refractivity contribution in [2.45, 2.75) is 25.8 Å². The fraction of sp³-hybridized carbons (Fsp3) is 0.800. The Hall–Kier alpha value is -1.10. The van der Waals surface area contributed by atoms with E-state index < -0.39 is 11.9 Å². The molecule has 0 radical (unpaired) electrons. The van der Waals surface area contributed by atoms with Crippen molar-refractivity contribution in [3.63, 3.8) is 0 Å². The van der Waals surface area contributed by atoms with Crippen LogP contribution in [-0.2, 0) is 14.3 Å². The molecule has 0 aromatic heterocycles. The Morgan fingerprint density at radius 2 is 2.13 bits per heavy atom. The zero-order chi connectivity index (χ0) is 11.3. The van der Waals surface area contributed by atoms with Crippen molar-refractivity contribution in [3.05, 3.63) is 0 Å². The molecule has 1 N–H and O–H groups in total. The van der Waals surface area contributed by atoms with Gasteiger partial charge < -0.3 is 15.0 Å². The largest absolute Gasteiger partial charge is 0.459 e. The molecule has 1 saturated carbocycles. The molecule has 1 amide bonds. The summed E-state index contributed by atoms with van der Waals surface area (Å²) in [6.45, 7) is 3.17. The highest BCUT2D eigenvalue weighted by molar-refractivity contribution is 6.32. The van der Waals surface area contributed by atoms with E-state index in [0.29, 0.717) is 12.6 Å². The monoisotopic (exact) mass is 214 g/mol. The third kappa shape index (κ3) is 4.29. The van der Waals surface area contributed by atoms with Crippen LogP contribution in [0.3, 0.4) is 0 Å². The normalized spacial score (nSPS) is 15.1. The van der Waals surface area contributed by atoms with Crippen molar-refractivity contribution < 1.29 is 14.3 Å². The maximum atomic E-state index is 11.1. The first-order chi connectivity index (χ1) is 7.15. The quantitative estimate of drug-likeness (QED) is 0.507. The molecule has 0 saturated heterocycles. The molecule has 5 nitrogen and oxygen atoms in total. The standard InChI is InChI=1S/C10H18N2O3/c1-3-15-10(14)9(13)11-6-7-12(2)8-4-5-8/h8H,3-7H2,1-2H3,(H,11,13). The number of likely N-dealkylation sites (N-methyl/N-ethyl adjacent to an activating group) is 1. The fourth-order valence-electron chi connectivity index (χ4n) is 1.31. The van der Waals surface area contributed by atoms with E-state index in [1.807, 2.05) is 7.05 Å². The fourth-order valence-corrected chi connectivity index (χ4v) is 1.31. The topological polar surface area (TPSA) is 58.6 Å². The number of amides is 1. The average molecular weight is 214 g/mol. The van der Waals surface area contributed by atoms with Crippen LogP contribution in [-0.4, -0.2) is 49.6 Å². The lowest BCUT2D eigenvalue weighted by molar-refractivity contribution is -0.154. The minimum absolute atomic E-state index is 0.230. The molecule has 0 aromatic rings. The smallest absolute Gasteiger partial charge is 0.396 e. The van der Waals surface area contributed by atoms with Crippen LogP contribution in [0.1, 0.15) is 19.8 Å². The van der Waals surface area contributed by atoms with Crippen LogP contribution >= 0.6 is 0 Å². The Morgan fingerprint density at radius 3 is 2.67 bits per heavy atom. The molecule has 0 aliphatic heterocycles. The van der Waals surface area contributed by atoms with Gasteiger partial charge in [0, 0.05) is 19.1 Å². The van der Waals surface area contributed by atoms with Gasteiger partial charge in [0.05, 0.1) is 6.61 Å². The summed E-state index contributed by atoms with van der Waals surface area (Å²) in [5, 5.41) is 2.53. The molecular formula is C10H18N2O3. The zero-order valence-corrected chi connectivity index (χ0v) is 9.28. The number of esters is 1. The molecule has 1 aliphatic carbocycles. The number of nitrogens with one attached hydrogen (secondary N) is 1. The molecule has 15 heavy (non-hydrogen) atoms. The summed E-state index contributed by atoms with van der Waals surface area (Å²) in [7, 11) is 2.02. The maximum absolute atomic E-state index is 11.1. The number of hydrogen-bond donors (Lipinski definition) is 1. The van der Waals surface area contributed by atoms with Crippen molar-refractivity contribution in [2.75, 3.05) is 26.7 Å². The molecule has 0 aromatic carbocycles. The number of hydrogen-bond acceptors (Lipinski definition) is 4. The summed E-state index contributed by atoms with van der Waals surface area (Å²) in [5.41, 5.74) is 0. The van der Waals surface area contributed by atoms with E-state index >= 15 is 0 Å². The molecule has 0 heterocycles. The first-order valence-electron chi connectivity index (χ1n) is 5.30. The first kappa shape index (κ1) is 12.0. The Kier molecular flexibility index (Phi) is 4.55. The van der Waals surface area contributed by atoms with Gasteiger partial charge in [-0.2, -0.15) is 0 Å². The molecule has 1 aliphatic rings. The van der Waals surface area contributed by atoms with Gasteiger partial charge in [0.15, 0.2) is 0 Å². The molecule has 0 bridgehead atoms. The SMILES string of the molecule is CCOC(=O)C(=O)NCCN(C)C1CC1. The molecule has 1 rings (SSSR count). The van der Waals surface area contributed by atoms with Gasteiger partial charge in [-0.15, -0.1) is 0 Å². The number of ether oxygens (including phenoxy) is 1. The summed E-state index contributed by atoms with van der Waals surface area (Å²) < 4.78 is 4.56. The summed E-state index contributed by atoms with van der Waals surface area (Å²) in [5.74, 6) is -1.45. The van der Waals surface area contributed by atoms with Crippen molar-refractivity contribution in [2.24, 2.45) is 0 Å². The van der Waals surface area contributed by atoms with Crippen molar-refractivity contribution >= 4 is 11.9 Å². The zero-order valence-electron chi connectivity index (χ0n) is 9.28. The highest BCUT2D eigenvalue weighted by Crippen LogP contribution is 2.24. The van der Waals surface area contributed by atoms with Crippen LogP contribution < -0.4 is 5.32 Å². The number of nitrogens with zero attached hydrogens (tertiary/aromatic N) is 1. The first-order valence-corrected chi connectivity index (χ1v) is 5.30. The van der Waals surface area contributed by atoms with E-state index in [-0.39, 0.29) is 6.61 Å². The van der Waals surface area contributed by atoms with E-state index in [1.54, 1.807) is 6.92 Å². The van der Waals surface area contributed by atoms with Gasteiger partial charge in [0.1, 0.15) is 0 Å².